The first-order valence-corrected chi connectivity index (χ1v) is 31.0. The van der Waals surface area contributed by atoms with Gasteiger partial charge < -0.3 is 14.2 Å². The van der Waals surface area contributed by atoms with Gasteiger partial charge in [-0.05, 0) is 77.0 Å². The number of esters is 3. The van der Waals surface area contributed by atoms with Crippen LogP contribution in [0.3, 0.4) is 0 Å². The molecule has 0 fully saturated rings. The lowest BCUT2D eigenvalue weighted by Crippen LogP contribution is -2.30. The highest BCUT2D eigenvalue weighted by atomic mass is 16.6. The molecular weight excluding hydrogens is 865 g/mol. The molecule has 0 aromatic rings. The summed E-state index contributed by atoms with van der Waals surface area (Å²) >= 11 is 0. The van der Waals surface area contributed by atoms with Crippen LogP contribution < -0.4 is 0 Å². The average molecular weight is 984 g/mol. The summed E-state index contributed by atoms with van der Waals surface area (Å²) in [4.78, 5) is 38.0. The number of unbranched alkanes of at least 4 members (excludes halogenated alkanes) is 40. The Hall–Kier alpha value is -2.37. The second kappa shape index (κ2) is 59.2. The van der Waals surface area contributed by atoms with Crippen molar-refractivity contribution >= 4 is 17.9 Å². The molecule has 0 aliphatic rings. The van der Waals surface area contributed by atoms with Crippen LogP contribution in [0.15, 0.2) is 36.5 Å². The van der Waals surface area contributed by atoms with Crippen LogP contribution in [0.2, 0.25) is 0 Å². The lowest BCUT2D eigenvalue weighted by molar-refractivity contribution is -0.167. The molecule has 0 radical (unpaired) electrons. The van der Waals surface area contributed by atoms with E-state index in [1.54, 1.807) is 0 Å². The van der Waals surface area contributed by atoms with E-state index < -0.39 is 6.10 Å². The van der Waals surface area contributed by atoms with Crippen molar-refractivity contribution in [3.63, 3.8) is 0 Å². The summed E-state index contributed by atoms with van der Waals surface area (Å²) < 4.78 is 16.8. The zero-order valence-corrected chi connectivity index (χ0v) is 47.1. The summed E-state index contributed by atoms with van der Waals surface area (Å²) in [5.74, 6) is -0.875. The van der Waals surface area contributed by atoms with Crippen molar-refractivity contribution in [2.45, 2.75) is 341 Å². The largest absolute Gasteiger partial charge is 0.462 e. The second-order valence-corrected chi connectivity index (χ2v) is 21.0. The van der Waals surface area contributed by atoms with Crippen LogP contribution in [-0.2, 0) is 28.6 Å². The number of carbonyl (C=O) groups excluding carboxylic acids is 3. The zero-order valence-electron chi connectivity index (χ0n) is 47.1. The van der Waals surface area contributed by atoms with E-state index in [2.05, 4.69) is 57.2 Å². The average Bonchev–Trinajstić information content (AvgIpc) is 3.36. The van der Waals surface area contributed by atoms with Gasteiger partial charge in [-0.25, -0.2) is 0 Å². The van der Waals surface area contributed by atoms with Crippen molar-refractivity contribution in [3.8, 4) is 0 Å². The third kappa shape index (κ3) is 56.5. The Morgan fingerprint density at radius 2 is 0.514 bits per heavy atom. The molecule has 1 unspecified atom stereocenters. The molecule has 0 amide bonds. The maximum atomic E-state index is 12.8. The fourth-order valence-electron chi connectivity index (χ4n) is 9.18. The van der Waals surface area contributed by atoms with Gasteiger partial charge >= 0.3 is 17.9 Å². The fourth-order valence-corrected chi connectivity index (χ4v) is 9.18. The Morgan fingerprint density at radius 3 is 0.829 bits per heavy atom. The molecule has 0 aromatic heterocycles. The Kier molecular flexibility index (Phi) is 57.2. The van der Waals surface area contributed by atoms with E-state index in [0.717, 1.165) is 83.5 Å². The summed E-state index contributed by atoms with van der Waals surface area (Å²) in [6, 6.07) is 0. The molecule has 0 saturated carbocycles. The molecule has 0 saturated heterocycles. The summed E-state index contributed by atoms with van der Waals surface area (Å²) in [7, 11) is 0. The second-order valence-electron chi connectivity index (χ2n) is 21.0. The summed E-state index contributed by atoms with van der Waals surface area (Å²) in [6.45, 7) is 6.61. The summed E-state index contributed by atoms with van der Waals surface area (Å²) in [5, 5.41) is 0. The van der Waals surface area contributed by atoms with Crippen LogP contribution in [0, 0.1) is 0 Å². The highest BCUT2D eigenvalue weighted by Gasteiger charge is 2.19. The Morgan fingerprint density at radius 1 is 0.286 bits per heavy atom. The molecular formula is C64H118O6. The van der Waals surface area contributed by atoms with Crippen LogP contribution in [0.4, 0.5) is 0 Å². The van der Waals surface area contributed by atoms with Gasteiger partial charge in [-0.1, -0.05) is 276 Å². The zero-order chi connectivity index (χ0) is 50.7. The first-order chi connectivity index (χ1) is 34.5. The Bertz CT molecular complexity index is 1170. The third-order valence-electron chi connectivity index (χ3n) is 13.9. The predicted molar refractivity (Wildman–Crippen MR) is 302 cm³/mol. The molecule has 1 atom stereocenters. The van der Waals surface area contributed by atoms with Crippen LogP contribution in [-0.4, -0.2) is 37.2 Å². The number of hydrogen-bond acceptors (Lipinski definition) is 6. The van der Waals surface area contributed by atoms with Crippen molar-refractivity contribution in [3.05, 3.63) is 36.5 Å². The van der Waals surface area contributed by atoms with Gasteiger partial charge in [0, 0.05) is 19.3 Å². The van der Waals surface area contributed by atoms with Gasteiger partial charge in [0.15, 0.2) is 6.10 Å². The molecule has 6 nitrogen and oxygen atoms in total. The highest BCUT2D eigenvalue weighted by Crippen LogP contribution is 2.17. The van der Waals surface area contributed by atoms with Gasteiger partial charge in [-0.2, -0.15) is 0 Å². The van der Waals surface area contributed by atoms with Gasteiger partial charge in [0.2, 0.25) is 0 Å². The van der Waals surface area contributed by atoms with Crippen LogP contribution >= 0.6 is 0 Å². The molecule has 70 heavy (non-hydrogen) atoms. The van der Waals surface area contributed by atoms with Crippen LogP contribution in [0.25, 0.3) is 0 Å². The van der Waals surface area contributed by atoms with Crippen molar-refractivity contribution in [2.24, 2.45) is 0 Å². The number of hydrogen-bond donors (Lipinski definition) is 0. The first kappa shape index (κ1) is 67.6. The quantitative estimate of drug-likeness (QED) is 0.0261. The number of allylic oxidation sites excluding steroid dienone is 6. The number of carbonyl (C=O) groups is 3. The Balaban J connectivity index is 4.06. The molecule has 0 aromatic carbocycles. The van der Waals surface area contributed by atoms with Crippen molar-refractivity contribution in [2.75, 3.05) is 13.2 Å². The van der Waals surface area contributed by atoms with E-state index in [-0.39, 0.29) is 31.1 Å². The molecule has 0 heterocycles. The fraction of sp³-hybridized carbons (Fsp3) is 0.859. The molecule has 0 spiro atoms. The topological polar surface area (TPSA) is 78.9 Å². The third-order valence-corrected chi connectivity index (χ3v) is 13.9. The lowest BCUT2D eigenvalue weighted by Gasteiger charge is -2.18. The smallest absolute Gasteiger partial charge is 0.306 e. The van der Waals surface area contributed by atoms with E-state index in [1.165, 1.54) is 212 Å². The van der Waals surface area contributed by atoms with Gasteiger partial charge in [0.1, 0.15) is 13.2 Å². The first-order valence-electron chi connectivity index (χ1n) is 31.0. The van der Waals surface area contributed by atoms with E-state index in [4.69, 9.17) is 14.2 Å². The minimum Gasteiger partial charge on any atom is -0.462 e. The normalized spacial score (nSPS) is 12.2. The Labute approximate surface area is 435 Å². The lowest BCUT2D eigenvalue weighted by atomic mass is 10.0. The van der Waals surface area contributed by atoms with E-state index in [1.807, 2.05) is 0 Å². The van der Waals surface area contributed by atoms with Crippen molar-refractivity contribution < 1.29 is 28.6 Å². The maximum Gasteiger partial charge on any atom is 0.306 e. The highest BCUT2D eigenvalue weighted by molar-refractivity contribution is 5.71. The van der Waals surface area contributed by atoms with Crippen molar-refractivity contribution in [1.29, 1.82) is 0 Å². The summed E-state index contributed by atoms with van der Waals surface area (Å²) in [5.41, 5.74) is 0. The molecule has 0 N–H and O–H groups in total. The number of rotatable bonds is 57. The van der Waals surface area contributed by atoms with E-state index >= 15 is 0 Å². The minimum absolute atomic E-state index is 0.0739. The SMILES string of the molecule is CCCCC/C=C\C/C=C\CCCCCCCC(=O)OC(COC(=O)CCCCCCCCCC)COC(=O)CCCCCCCCCCCCCCCCCCC/C=C\CCCCCCCCCC. The number of ether oxygens (including phenoxy) is 3. The summed E-state index contributed by atoms with van der Waals surface area (Å²) in [6.07, 6.45) is 71.8. The minimum atomic E-state index is -0.774. The van der Waals surface area contributed by atoms with Gasteiger partial charge in [0.05, 0.1) is 0 Å². The van der Waals surface area contributed by atoms with E-state index in [9.17, 15) is 14.4 Å². The van der Waals surface area contributed by atoms with Crippen LogP contribution in [0.1, 0.15) is 335 Å². The predicted octanol–water partition coefficient (Wildman–Crippen LogP) is 20.8. The van der Waals surface area contributed by atoms with Crippen molar-refractivity contribution in [1.82, 2.24) is 0 Å². The van der Waals surface area contributed by atoms with Gasteiger partial charge in [0.25, 0.3) is 0 Å². The maximum absolute atomic E-state index is 12.8. The molecule has 410 valence electrons. The monoisotopic (exact) mass is 983 g/mol. The molecule has 0 aliphatic carbocycles. The van der Waals surface area contributed by atoms with Crippen LogP contribution in [0.5, 0.6) is 0 Å². The molecule has 6 heteroatoms. The van der Waals surface area contributed by atoms with Gasteiger partial charge in [-0.15, -0.1) is 0 Å². The molecule has 0 bridgehead atoms. The van der Waals surface area contributed by atoms with E-state index in [0.29, 0.717) is 19.3 Å². The molecule has 0 rings (SSSR count). The van der Waals surface area contributed by atoms with Gasteiger partial charge in [-0.3, -0.25) is 14.4 Å². The standard InChI is InChI=1S/C64H118O6/c1-4-7-10-13-16-19-21-23-25-26-27-28-29-30-31-32-33-34-35-36-37-38-40-41-43-45-48-51-54-57-63(66)69-60-61(59-68-62(65)56-53-50-47-18-15-12-9-6-3)70-64(67)58-55-52-49-46-44-42-39-24-22-20-17-14-11-8-5-2/h17,20,24,26-27,39,61H,4-16,18-19,21-23,25,28-38,40-60H2,1-3H3/b20-17-,27-26-,39-24-. The molecule has 0 aliphatic heterocycles.